The average molecular weight is 733 g/mol. The van der Waals surface area contributed by atoms with E-state index in [2.05, 4.69) is 37.5 Å². The third kappa shape index (κ3) is 6.26. The Balaban J connectivity index is 1.17. The molecule has 1 aliphatic carbocycles. The Kier molecular flexibility index (Phi) is 8.32. The fourth-order valence-electron chi connectivity index (χ4n) is 8.98. The maximum atomic E-state index is 14.1. The Morgan fingerprint density at radius 2 is 1.75 bits per heavy atom. The van der Waals surface area contributed by atoms with Crippen molar-refractivity contribution in [1.29, 1.82) is 0 Å². The minimum absolute atomic E-state index is 0.0344. The molecule has 4 saturated heterocycles. The monoisotopic (exact) mass is 732 g/mol. The lowest BCUT2D eigenvalue weighted by Gasteiger charge is -2.54. The number of carbonyl (C=O) groups excluding carboxylic acids is 1. The first kappa shape index (κ1) is 34.3. The first-order chi connectivity index (χ1) is 25.5. The average Bonchev–Trinajstić information content (AvgIpc) is 3.85. The van der Waals surface area contributed by atoms with Crippen LogP contribution in [0, 0.1) is 12.3 Å². The summed E-state index contributed by atoms with van der Waals surface area (Å²) >= 11 is 0. The van der Waals surface area contributed by atoms with E-state index < -0.39 is 19.0 Å². The molecule has 6 heterocycles. The SMILES string of the molecule is C=CC(=O)N1CC2(CCN(c3nc(N4CC(N5CCC(F)CC5)C4)nc4c(OCC(F)(F)F)c(-c5c(C)ccc6[nH]ncc56)c(C5CC5)cc34)CC2)C1. The van der Waals surface area contributed by atoms with Crippen LogP contribution >= 0.6 is 0 Å². The van der Waals surface area contributed by atoms with Gasteiger partial charge in [-0.2, -0.15) is 23.3 Å². The molecule has 0 radical (unpaired) electrons. The molecule has 2 aromatic carbocycles. The molecule has 1 saturated carbocycles. The van der Waals surface area contributed by atoms with E-state index in [0.29, 0.717) is 93.4 Å². The fourth-order valence-corrected chi connectivity index (χ4v) is 8.98. The number of ether oxygens (including phenoxy) is 1. The Bertz CT molecular complexity index is 2070. The third-order valence-electron chi connectivity index (χ3n) is 12.2. The highest BCUT2D eigenvalue weighted by molar-refractivity contribution is 6.06. The molecular weight excluding hydrogens is 688 g/mol. The molecule has 0 atom stereocenters. The number of piperidine rings is 2. The van der Waals surface area contributed by atoms with Crippen molar-refractivity contribution in [1.82, 2.24) is 30.0 Å². The molecule has 10 nitrogen and oxygen atoms in total. The van der Waals surface area contributed by atoms with Crippen LogP contribution < -0.4 is 14.5 Å². The van der Waals surface area contributed by atoms with Gasteiger partial charge in [0.2, 0.25) is 11.9 Å². The zero-order valence-corrected chi connectivity index (χ0v) is 29.9. The summed E-state index contributed by atoms with van der Waals surface area (Å²) in [5, 5.41) is 8.80. The van der Waals surface area contributed by atoms with Gasteiger partial charge in [0.1, 0.15) is 17.5 Å². The molecule has 4 aromatic rings. The molecule has 5 fully saturated rings. The highest BCUT2D eigenvalue weighted by atomic mass is 19.4. The van der Waals surface area contributed by atoms with Gasteiger partial charge in [-0.1, -0.05) is 12.6 Å². The quantitative estimate of drug-likeness (QED) is 0.162. The summed E-state index contributed by atoms with van der Waals surface area (Å²) in [6.45, 7) is 9.62. The van der Waals surface area contributed by atoms with Crippen LogP contribution in [0.1, 0.15) is 55.6 Å². The van der Waals surface area contributed by atoms with Gasteiger partial charge in [0.15, 0.2) is 12.4 Å². The smallest absolute Gasteiger partial charge is 0.422 e. The van der Waals surface area contributed by atoms with Gasteiger partial charge in [-0.05, 0) is 86.3 Å². The summed E-state index contributed by atoms with van der Waals surface area (Å²) in [6.07, 6.45) is 2.37. The maximum absolute atomic E-state index is 14.1. The number of hydrogen-bond donors (Lipinski definition) is 1. The number of anilines is 2. The molecule has 14 heteroatoms. The predicted octanol–water partition coefficient (Wildman–Crippen LogP) is 6.54. The number of aryl methyl sites for hydroxylation is 1. The van der Waals surface area contributed by atoms with Crippen molar-refractivity contribution in [2.75, 3.05) is 68.8 Å². The lowest BCUT2D eigenvalue weighted by Crippen LogP contribution is -2.62. The normalized spacial score (nSPS) is 21.3. The van der Waals surface area contributed by atoms with E-state index in [0.717, 1.165) is 53.3 Å². The molecule has 1 amide bonds. The number of aromatic nitrogens is 4. The van der Waals surface area contributed by atoms with Crippen LogP contribution in [0.15, 0.2) is 37.1 Å². The van der Waals surface area contributed by atoms with Crippen LogP contribution in [0.25, 0.3) is 32.9 Å². The lowest BCUT2D eigenvalue weighted by atomic mass is 9.72. The number of H-pyrrole nitrogens is 1. The van der Waals surface area contributed by atoms with Crippen LogP contribution in [-0.4, -0.2) is 113 Å². The lowest BCUT2D eigenvalue weighted by molar-refractivity contribution is -0.153. The van der Waals surface area contributed by atoms with Crippen molar-refractivity contribution in [2.24, 2.45) is 5.41 Å². The number of likely N-dealkylation sites (tertiary alicyclic amines) is 2. The van der Waals surface area contributed by atoms with E-state index in [1.165, 1.54) is 6.08 Å². The number of benzene rings is 2. The van der Waals surface area contributed by atoms with Crippen LogP contribution in [0.2, 0.25) is 0 Å². The number of rotatable bonds is 8. The van der Waals surface area contributed by atoms with Crippen LogP contribution in [-0.2, 0) is 4.79 Å². The number of hydrogen-bond acceptors (Lipinski definition) is 8. The van der Waals surface area contributed by atoms with E-state index in [1.807, 2.05) is 24.0 Å². The Morgan fingerprint density at radius 1 is 1.02 bits per heavy atom. The highest BCUT2D eigenvalue weighted by Gasteiger charge is 2.47. The van der Waals surface area contributed by atoms with Gasteiger partial charge in [0.25, 0.3) is 0 Å². The van der Waals surface area contributed by atoms with Crippen molar-refractivity contribution in [3.05, 3.63) is 48.2 Å². The van der Waals surface area contributed by atoms with E-state index in [4.69, 9.17) is 14.7 Å². The molecule has 5 aliphatic rings. The van der Waals surface area contributed by atoms with Crippen molar-refractivity contribution >= 4 is 39.5 Å². The van der Waals surface area contributed by atoms with E-state index in [9.17, 15) is 22.4 Å². The van der Waals surface area contributed by atoms with Crippen molar-refractivity contribution < 1.29 is 27.1 Å². The summed E-state index contributed by atoms with van der Waals surface area (Å²) in [7, 11) is 0. The van der Waals surface area contributed by atoms with Gasteiger partial charge in [0.05, 0.1) is 11.7 Å². The molecule has 4 aliphatic heterocycles. The van der Waals surface area contributed by atoms with Gasteiger partial charge in [0, 0.05) is 80.2 Å². The Hall–Kier alpha value is -4.46. The van der Waals surface area contributed by atoms with Gasteiger partial charge >= 0.3 is 6.18 Å². The largest absolute Gasteiger partial charge is 0.481 e. The molecule has 1 N–H and O–H groups in total. The molecular formula is C39H44F4N8O2. The Morgan fingerprint density at radius 3 is 2.43 bits per heavy atom. The van der Waals surface area contributed by atoms with Gasteiger partial charge in [-0.15, -0.1) is 0 Å². The molecule has 9 rings (SSSR count). The van der Waals surface area contributed by atoms with Gasteiger partial charge in [-0.3, -0.25) is 14.8 Å². The first-order valence-electron chi connectivity index (χ1n) is 18.8. The number of nitrogens with zero attached hydrogens (tertiary/aromatic N) is 7. The molecule has 0 unspecified atom stereocenters. The molecule has 280 valence electrons. The summed E-state index contributed by atoms with van der Waals surface area (Å²) < 4.78 is 62.1. The van der Waals surface area contributed by atoms with Crippen LogP contribution in [0.3, 0.4) is 0 Å². The van der Waals surface area contributed by atoms with Crippen molar-refractivity contribution in [3.8, 4) is 16.9 Å². The van der Waals surface area contributed by atoms with Crippen molar-refractivity contribution in [3.63, 3.8) is 0 Å². The second kappa shape index (κ2) is 12.8. The van der Waals surface area contributed by atoms with Gasteiger partial charge in [-0.25, -0.2) is 9.37 Å². The number of amides is 1. The number of fused-ring (bicyclic) bond motifs is 2. The van der Waals surface area contributed by atoms with Crippen molar-refractivity contribution in [2.45, 2.75) is 69.8 Å². The van der Waals surface area contributed by atoms with E-state index in [1.54, 1.807) is 6.20 Å². The zero-order chi connectivity index (χ0) is 36.6. The van der Waals surface area contributed by atoms with Gasteiger partial charge < -0.3 is 19.4 Å². The molecule has 53 heavy (non-hydrogen) atoms. The highest BCUT2D eigenvalue weighted by Crippen LogP contribution is 2.53. The second-order valence-corrected chi connectivity index (χ2v) is 15.8. The maximum Gasteiger partial charge on any atom is 0.422 e. The predicted molar refractivity (Wildman–Crippen MR) is 195 cm³/mol. The summed E-state index contributed by atoms with van der Waals surface area (Å²) in [6, 6.07) is 6.23. The molecule has 1 spiro atoms. The standard InChI is InChI=1S/C39H44F4N8O2/c1-3-31(52)51-20-38(21-51)10-14-49(15-11-38)36-28-16-27(24-5-6-24)33(32-23(2)4-7-30-29(32)17-44-47-30)35(53-22-39(41,42)43)34(28)45-37(46-36)50-18-26(19-50)48-12-8-25(40)9-13-48/h3-4,7,16-17,24-26H,1,5-6,8-15,18-22H2,2H3,(H,44,47). The number of alkyl halides is 4. The third-order valence-corrected chi connectivity index (χ3v) is 12.2. The van der Waals surface area contributed by atoms with Crippen LogP contribution in [0.5, 0.6) is 5.75 Å². The summed E-state index contributed by atoms with van der Waals surface area (Å²) in [4.78, 5) is 31.0. The molecule has 0 bridgehead atoms. The number of aromatic amines is 1. The van der Waals surface area contributed by atoms with E-state index in [-0.39, 0.29) is 29.0 Å². The zero-order valence-electron chi connectivity index (χ0n) is 29.9. The molecule has 2 aromatic heterocycles. The first-order valence-corrected chi connectivity index (χ1v) is 18.8. The fraction of sp³-hybridized carbons (Fsp3) is 0.538. The minimum Gasteiger partial charge on any atom is -0.481 e. The minimum atomic E-state index is -4.57. The van der Waals surface area contributed by atoms with Crippen LogP contribution in [0.4, 0.5) is 29.3 Å². The summed E-state index contributed by atoms with van der Waals surface area (Å²) in [5.41, 5.74) is 4.46. The van der Waals surface area contributed by atoms with E-state index >= 15 is 0 Å². The summed E-state index contributed by atoms with van der Waals surface area (Å²) in [5.74, 6) is 1.38. The topological polar surface area (TPSA) is 93.7 Å². The second-order valence-electron chi connectivity index (χ2n) is 15.8. The number of nitrogens with one attached hydrogen (secondary N) is 1. The number of carbonyl (C=O) groups is 1. The number of halogens is 4. The Labute approximate surface area is 305 Å².